The Morgan fingerprint density at radius 1 is 1.20 bits per heavy atom. The van der Waals surface area contributed by atoms with Crippen LogP contribution in [-0.2, 0) is 14.3 Å². The van der Waals surface area contributed by atoms with Crippen LogP contribution in [0.3, 0.4) is 0 Å². The Bertz CT molecular complexity index is 348. The summed E-state index contributed by atoms with van der Waals surface area (Å²) in [5.41, 5.74) is -0.766. The van der Waals surface area contributed by atoms with E-state index in [0.717, 1.165) is 0 Å². The lowest BCUT2D eigenvalue weighted by Gasteiger charge is -2.27. The van der Waals surface area contributed by atoms with Gasteiger partial charge in [-0.2, -0.15) is 13.2 Å². The minimum Gasteiger partial charge on any atom is -0.458 e. The van der Waals surface area contributed by atoms with E-state index in [1.807, 2.05) is 0 Å². The molecule has 0 saturated carbocycles. The van der Waals surface area contributed by atoms with Crippen molar-refractivity contribution in [2.24, 2.45) is 5.92 Å². The van der Waals surface area contributed by atoms with E-state index in [4.69, 9.17) is 4.74 Å². The minimum atomic E-state index is -4.60. The lowest BCUT2D eigenvalue weighted by molar-refractivity contribution is -0.164. The van der Waals surface area contributed by atoms with Crippen molar-refractivity contribution >= 4 is 11.9 Å². The highest BCUT2D eigenvalue weighted by atomic mass is 19.4. The molecule has 1 amide bonds. The molecule has 118 valence electrons. The predicted octanol–water partition coefficient (Wildman–Crippen LogP) is 2.81. The maximum absolute atomic E-state index is 12.1. The van der Waals surface area contributed by atoms with E-state index in [1.54, 1.807) is 34.6 Å². The average molecular weight is 297 g/mol. The van der Waals surface area contributed by atoms with E-state index in [0.29, 0.717) is 6.42 Å². The summed E-state index contributed by atoms with van der Waals surface area (Å²) in [5, 5.41) is 2.11. The van der Waals surface area contributed by atoms with Crippen LogP contribution in [0.15, 0.2) is 0 Å². The lowest BCUT2D eigenvalue weighted by atomic mass is 9.98. The van der Waals surface area contributed by atoms with E-state index in [1.165, 1.54) is 0 Å². The van der Waals surface area contributed by atoms with Crippen molar-refractivity contribution in [3.05, 3.63) is 0 Å². The van der Waals surface area contributed by atoms with Crippen molar-refractivity contribution in [3.63, 3.8) is 0 Å². The summed E-state index contributed by atoms with van der Waals surface area (Å²) in [6.45, 7) is 8.39. The van der Waals surface area contributed by atoms with Gasteiger partial charge in [0.2, 0.25) is 5.91 Å². The third-order valence-electron chi connectivity index (χ3n) is 2.55. The van der Waals surface area contributed by atoms with Crippen molar-refractivity contribution < 1.29 is 27.5 Å². The maximum atomic E-state index is 12.1. The second kappa shape index (κ2) is 6.95. The lowest BCUT2D eigenvalue weighted by Crippen LogP contribution is -2.48. The van der Waals surface area contributed by atoms with Gasteiger partial charge in [-0.15, -0.1) is 0 Å². The van der Waals surface area contributed by atoms with Crippen LogP contribution in [-0.4, -0.2) is 29.7 Å². The van der Waals surface area contributed by atoms with Gasteiger partial charge in [-0.25, -0.2) is 4.79 Å². The maximum Gasteiger partial charge on any atom is 0.397 e. The third kappa shape index (κ3) is 8.01. The number of amides is 1. The van der Waals surface area contributed by atoms with Crippen LogP contribution in [0.1, 0.15) is 47.5 Å². The number of carbonyl (C=O) groups is 2. The number of carbonyl (C=O) groups excluding carboxylic acids is 2. The standard InChI is InChI=1S/C13H22F3NO3/c1-6-8(2)10(11(19)20-12(3,4)5)17-9(18)7-13(14,15)16/h8,10H,6-7H2,1-5H3,(H,17,18)/t8-,10-/m0/s1. The Morgan fingerprint density at radius 3 is 2.05 bits per heavy atom. The van der Waals surface area contributed by atoms with Gasteiger partial charge in [0.15, 0.2) is 0 Å². The van der Waals surface area contributed by atoms with E-state index < -0.39 is 36.1 Å². The number of ether oxygens (including phenoxy) is 1. The normalized spacial score (nSPS) is 15.4. The molecule has 0 rings (SSSR count). The Balaban J connectivity index is 4.82. The molecule has 0 bridgehead atoms. The summed E-state index contributed by atoms with van der Waals surface area (Å²) in [4.78, 5) is 23.3. The Kier molecular flexibility index (Phi) is 6.50. The first-order valence-corrected chi connectivity index (χ1v) is 6.44. The van der Waals surface area contributed by atoms with Crippen LogP contribution in [0.2, 0.25) is 0 Å². The van der Waals surface area contributed by atoms with E-state index in [2.05, 4.69) is 5.32 Å². The third-order valence-corrected chi connectivity index (χ3v) is 2.55. The zero-order chi connectivity index (χ0) is 16.1. The molecule has 0 spiro atoms. The molecule has 4 nitrogen and oxygen atoms in total. The van der Waals surface area contributed by atoms with Crippen molar-refractivity contribution in [3.8, 4) is 0 Å². The number of rotatable bonds is 5. The number of alkyl halides is 3. The molecule has 0 aliphatic rings. The fourth-order valence-electron chi connectivity index (χ4n) is 1.44. The van der Waals surface area contributed by atoms with Gasteiger partial charge >= 0.3 is 12.1 Å². The first kappa shape index (κ1) is 18.7. The summed E-state index contributed by atoms with van der Waals surface area (Å²) in [6, 6.07) is -1.07. The minimum absolute atomic E-state index is 0.318. The second-order valence-corrected chi connectivity index (χ2v) is 5.76. The molecule has 7 heteroatoms. The molecule has 0 radical (unpaired) electrons. The fraction of sp³-hybridized carbons (Fsp3) is 0.846. The molecule has 0 aromatic carbocycles. The van der Waals surface area contributed by atoms with Crippen molar-refractivity contribution in [1.82, 2.24) is 5.32 Å². The largest absolute Gasteiger partial charge is 0.458 e. The smallest absolute Gasteiger partial charge is 0.397 e. The van der Waals surface area contributed by atoms with Gasteiger partial charge in [-0.3, -0.25) is 4.79 Å². The Labute approximate surface area is 117 Å². The van der Waals surface area contributed by atoms with Crippen LogP contribution < -0.4 is 5.32 Å². The van der Waals surface area contributed by atoms with Gasteiger partial charge in [-0.1, -0.05) is 20.3 Å². The van der Waals surface area contributed by atoms with Crippen molar-refractivity contribution in [2.75, 3.05) is 0 Å². The highest BCUT2D eigenvalue weighted by Crippen LogP contribution is 2.20. The molecule has 0 aromatic heterocycles. The van der Waals surface area contributed by atoms with Crippen molar-refractivity contribution in [1.29, 1.82) is 0 Å². The first-order chi connectivity index (χ1) is 8.85. The van der Waals surface area contributed by atoms with Gasteiger partial charge in [0.05, 0.1) is 0 Å². The molecule has 0 unspecified atom stereocenters. The number of halogens is 3. The van der Waals surface area contributed by atoms with Crippen LogP contribution in [0.4, 0.5) is 13.2 Å². The number of esters is 1. The van der Waals surface area contributed by atoms with Gasteiger partial charge in [0.25, 0.3) is 0 Å². The van der Waals surface area contributed by atoms with E-state index in [9.17, 15) is 22.8 Å². The van der Waals surface area contributed by atoms with Crippen LogP contribution in [0.25, 0.3) is 0 Å². The molecule has 20 heavy (non-hydrogen) atoms. The molecule has 0 aliphatic carbocycles. The zero-order valence-corrected chi connectivity index (χ0v) is 12.4. The first-order valence-electron chi connectivity index (χ1n) is 6.44. The SMILES string of the molecule is CC[C@H](C)[C@H](NC(=O)CC(F)(F)F)C(=O)OC(C)(C)C. The van der Waals surface area contributed by atoms with Crippen molar-refractivity contribution in [2.45, 2.75) is 65.3 Å². The molecule has 0 saturated heterocycles. The van der Waals surface area contributed by atoms with Gasteiger partial charge in [0.1, 0.15) is 18.1 Å². The number of hydrogen-bond acceptors (Lipinski definition) is 3. The molecule has 0 heterocycles. The summed E-state index contributed by atoms with van der Waals surface area (Å²) >= 11 is 0. The predicted molar refractivity (Wildman–Crippen MR) is 67.9 cm³/mol. The Morgan fingerprint density at radius 2 is 1.70 bits per heavy atom. The number of hydrogen-bond donors (Lipinski definition) is 1. The monoisotopic (exact) mass is 297 g/mol. The highest BCUT2D eigenvalue weighted by molar-refractivity contribution is 5.85. The fourth-order valence-corrected chi connectivity index (χ4v) is 1.44. The van der Waals surface area contributed by atoms with Crippen LogP contribution in [0.5, 0.6) is 0 Å². The van der Waals surface area contributed by atoms with Gasteiger partial charge < -0.3 is 10.1 Å². The van der Waals surface area contributed by atoms with Gasteiger partial charge in [-0.05, 0) is 26.7 Å². The number of nitrogens with one attached hydrogen (secondary N) is 1. The average Bonchev–Trinajstić information content (AvgIpc) is 2.19. The van der Waals surface area contributed by atoms with Gasteiger partial charge in [0, 0.05) is 0 Å². The molecule has 0 aliphatic heterocycles. The Hall–Kier alpha value is -1.27. The van der Waals surface area contributed by atoms with Crippen LogP contribution >= 0.6 is 0 Å². The summed E-state index contributed by atoms with van der Waals surface area (Å²) in [7, 11) is 0. The molecule has 2 atom stereocenters. The molecule has 0 aromatic rings. The topological polar surface area (TPSA) is 55.4 Å². The summed E-state index contributed by atoms with van der Waals surface area (Å²) in [6.07, 6.45) is -5.68. The summed E-state index contributed by atoms with van der Waals surface area (Å²) < 4.78 is 41.5. The molecular formula is C13H22F3NO3. The molecular weight excluding hydrogens is 275 g/mol. The van der Waals surface area contributed by atoms with E-state index in [-0.39, 0.29) is 5.92 Å². The molecule has 0 fully saturated rings. The zero-order valence-electron chi connectivity index (χ0n) is 12.4. The van der Waals surface area contributed by atoms with E-state index >= 15 is 0 Å². The highest BCUT2D eigenvalue weighted by Gasteiger charge is 2.35. The second-order valence-electron chi connectivity index (χ2n) is 5.76. The quantitative estimate of drug-likeness (QED) is 0.794. The summed E-state index contributed by atoms with van der Waals surface area (Å²) in [5.74, 6) is -2.27. The molecule has 1 N–H and O–H groups in total. The van der Waals surface area contributed by atoms with Crippen LogP contribution in [0, 0.1) is 5.92 Å².